The number of carboxylic acid groups (broad SMARTS) is 1. The summed E-state index contributed by atoms with van der Waals surface area (Å²) >= 11 is 0. The molecule has 34 heavy (non-hydrogen) atoms. The maximum Gasteiger partial charge on any atom is 0.329 e. The van der Waals surface area contributed by atoms with Crippen molar-refractivity contribution in [1.29, 1.82) is 0 Å². The highest BCUT2D eigenvalue weighted by Gasteiger charge is 2.30. The highest BCUT2D eigenvalue weighted by Crippen LogP contribution is 2.32. The molecule has 1 aliphatic rings. The van der Waals surface area contributed by atoms with Gasteiger partial charge in [-0.25, -0.2) is 18.6 Å². The Kier molecular flexibility index (Phi) is 7.92. The number of carbonyl (C=O) groups is 1. The lowest BCUT2D eigenvalue weighted by atomic mass is 9.92. The molecule has 1 aromatic heterocycles. The van der Waals surface area contributed by atoms with Gasteiger partial charge in [-0.15, -0.1) is 0 Å². The van der Waals surface area contributed by atoms with E-state index in [0.717, 1.165) is 11.1 Å². The van der Waals surface area contributed by atoms with Crippen molar-refractivity contribution < 1.29 is 23.4 Å². The van der Waals surface area contributed by atoms with Crippen LogP contribution in [-0.2, 0) is 9.53 Å². The molecule has 1 atom stereocenters. The van der Waals surface area contributed by atoms with Crippen LogP contribution >= 0.6 is 0 Å². The Bertz CT molecular complexity index is 1080. The highest BCUT2D eigenvalue weighted by molar-refractivity contribution is 5.77. The Balaban J connectivity index is 1.56. The van der Waals surface area contributed by atoms with Crippen LogP contribution in [0, 0.1) is 0 Å². The second-order valence-corrected chi connectivity index (χ2v) is 8.38. The second-order valence-electron chi connectivity index (χ2n) is 8.38. The minimum Gasteiger partial charge on any atom is -0.480 e. The molecule has 0 amide bonds. The Labute approximate surface area is 197 Å². The SMILES string of the molecule is O=C(O)COC1CCC(NC(c2cnc(-c3ccccc3)c(-c3ccccc3)n2)C(F)F)CC1. The third-order valence-electron chi connectivity index (χ3n) is 5.99. The number of nitrogens with zero attached hydrogens (tertiary/aromatic N) is 2. The molecule has 6 nitrogen and oxygen atoms in total. The lowest BCUT2D eigenvalue weighted by Gasteiger charge is -2.31. The van der Waals surface area contributed by atoms with Gasteiger partial charge in [0.15, 0.2) is 0 Å². The van der Waals surface area contributed by atoms with Crippen molar-refractivity contribution in [1.82, 2.24) is 15.3 Å². The second kappa shape index (κ2) is 11.3. The van der Waals surface area contributed by atoms with Crippen molar-refractivity contribution >= 4 is 5.97 Å². The summed E-state index contributed by atoms with van der Waals surface area (Å²) in [4.78, 5) is 19.9. The minimum atomic E-state index is -2.67. The van der Waals surface area contributed by atoms with Crippen LogP contribution in [0.1, 0.15) is 37.4 Å². The molecule has 2 aromatic carbocycles. The summed E-state index contributed by atoms with van der Waals surface area (Å²) in [6.07, 6.45) is 1.09. The smallest absolute Gasteiger partial charge is 0.329 e. The molecule has 0 aliphatic heterocycles. The third kappa shape index (κ3) is 6.01. The molecule has 1 heterocycles. The summed E-state index contributed by atoms with van der Waals surface area (Å²) in [5.41, 5.74) is 3.06. The fourth-order valence-corrected chi connectivity index (χ4v) is 4.28. The number of aliphatic carboxylic acids is 1. The Morgan fingerprint density at radius 1 is 0.971 bits per heavy atom. The number of alkyl halides is 2. The standard InChI is InChI=1S/C26H27F2N3O3/c27-26(28)25(30-19-11-13-20(14-12-19)34-16-22(32)33)21-15-29-23(17-7-3-1-4-8-17)24(31-21)18-9-5-2-6-10-18/h1-10,15,19-20,25-26,30H,11-14,16H2,(H,32,33). The normalized spacial score (nSPS) is 19.1. The Hall–Kier alpha value is -3.23. The number of hydrogen-bond donors (Lipinski definition) is 2. The van der Waals surface area contributed by atoms with Gasteiger partial charge >= 0.3 is 5.97 Å². The van der Waals surface area contributed by atoms with E-state index < -0.39 is 18.4 Å². The van der Waals surface area contributed by atoms with Crippen LogP contribution in [0.3, 0.4) is 0 Å². The summed E-state index contributed by atoms with van der Waals surface area (Å²) in [6, 6.07) is 17.6. The van der Waals surface area contributed by atoms with Crippen LogP contribution in [0.25, 0.3) is 22.5 Å². The summed E-state index contributed by atoms with van der Waals surface area (Å²) in [5.74, 6) is -1.01. The van der Waals surface area contributed by atoms with Crippen molar-refractivity contribution in [3.8, 4) is 22.5 Å². The zero-order valence-electron chi connectivity index (χ0n) is 18.6. The topological polar surface area (TPSA) is 84.3 Å². The highest BCUT2D eigenvalue weighted by atomic mass is 19.3. The van der Waals surface area contributed by atoms with E-state index in [2.05, 4.69) is 15.3 Å². The number of hydrogen-bond acceptors (Lipinski definition) is 5. The summed E-state index contributed by atoms with van der Waals surface area (Å²) in [5, 5.41) is 11.8. The van der Waals surface area contributed by atoms with Gasteiger partial charge in [0, 0.05) is 17.2 Å². The maximum atomic E-state index is 14.2. The molecule has 2 N–H and O–H groups in total. The number of rotatable bonds is 9. The first-order valence-corrected chi connectivity index (χ1v) is 11.4. The number of ether oxygens (including phenoxy) is 1. The first kappa shape index (κ1) is 23.9. The van der Waals surface area contributed by atoms with Crippen molar-refractivity contribution in [3.05, 3.63) is 72.6 Å². The first-order chi connectivity index (χ1) is 16.5. The van der Waals surface area contributed by atoms with Crippen LogP contribution < -0.4 is 5.32 Å². The largest absolute Gasteiger partial charge is 0.480 e. The number of aromatic nitrogens is 2. The predicted molar refractivity (Wildman–Crippen MR) is 124 cm³/mol. The van der Waals surface area contributed by atoms with Gasteiger partial charge in [0.1, 0.15) is 12.6 Å². The molecule has 178 valence electrons. The zero-order valence-corrected chi connectivity index (χ0v) is 18.6. The van der Waals surface area contributed by atoms with Crippen molar-refractivity contribution in [2.75, 3.05) is 6.61 Å². The van der Waals surface area contributed by atoms with E-state index in [-0.39, 0.29) is 24.4 Å². The monoisotopic (exact) mass is 467 g/mol. The van der Waals surface area contributed by atoms with Gasteiger partial charge in [-0.05, 0) is 25.7 Å². The van der Waals surface area contributed by atoms with Gasteiger partial charge in [0.05, 0.1) is 29.4 Å². The molecular formula is C26H27F2N3O3. The van der Waals surface area contributed by atoms with E-state index in [1.807, 2.05) is 60.7 Å². The average Bonchev–Trinajstić information content (AvgIpc) is 2.87. The molecule has 0 radical (unpaired) electrons. The molecule has 0 spiro atoms. The number of carboxylic acids is 1. The van der Waals surface area contributed by atoms with E-state index in [4.69, 9.17) is 9.84 Å². The van der Waals surface area contributed by atoms with Crippen LogP contribution in [-0.4, -0.2) is 46.2 Å². The Morgan fingerprint density at radius 2 is 1.56 bits per heavy atom. The van der Waals surface area contributed by atoms with Crippen LogP contribution in [0.4, 0.5) is 8.78 Å². The van der Waals surface area contributed by atoms with Gasteiger partial charge in [0.2, 0.25) is 0 Å². The summed E-state index contributed by atoms with van der Waals surface area (Å²) in [6.45, 7) is -0.339. The van der Waals surface area contributed by atoms with Crippen LogP contribution in [0.2, 0.25) is 0 Å². The number of benzene rings is 2. The average molecular weight is 468 g/mol. The van der Waals surface area contributed by atoms with E-state index in [9.17, 15) is 13.6 Å². The van der Waals surface area contributed by atoms with Gasteiger partial charge in [-0.3, -0.25) is 4.98 Å². The molecule has 1 fully saturated rings. The van der Waals surface area contributed by atoms with Crippen LogP contribution in [0.5, 0.6) is 0 Å². The van der Waals surface area contributed by atoms with E-state index in [1.54, 1.807) is 0 Å². The molecule has 4 rings (SSSR count). The van der Waals surface area contributed by atoms with Gasteiger partial charge in [0.25, 0.3) is 6.43 Å². The number of halogens is 2. The molecule has 1 aliphatic carbocycles. The van der Waals surface area contributed by atoms with E-state index in [1.165, 1.54) is 6.20 Å². The minimum absolute atomic E-state index is 0.139. The van der Waals surface area contributed by atoms with Crippen molar-refractivity contribution in [2.45, 2.75) is 50.3 Å². The third-order valence-corrected chi connectivity index (χ3v) is 5.99. The van der Waals surface area contributed by atoms with E-state index in [0.29, 0.717) is 37.1 Å². The van der Waals surface area contributed by atoms with Gasteiger partial charge in [-0.2, -0.15) is 0 Å². The predicted octanol–water partition coefficient (Wildman–Crippen LogP) is 5.12. The van der Waals surface area contributed by atoms with Crippen molar-refractivity contribution in [2.24, 2.45) is 0 Å². The molecular weight excluding hydrogens is 440 g/mol. The molecule has 3 aromatic rings. The maximum absolute atomic E-state index is 14.2. The first-order valence-electron chi connectivity index (χ1n) is 11.4. The summed E-state index contributed by atoms with van der Waals surface area (Å²) in [7, 11) is 0. The van der Waals surface area contributed by atoms with Crippen LogP contribution in [0.15, 0.2) is 66.9 Å². The summed E-state index contributed by atoms with van der Waals surface area (Å²) < 4.78 is 33.7. The Morgan fingerprint density at radius 3 is 2.12 bits per heavy atom. The lowest BCUT2D eigenvalue weighted by Crippen LogP contribution is -2.40. The molecule has 0 saturated heterocycles. The molecule has 1 unspecified atom stereocenters. The van der Waals surface area contributed by atoms with E-state index >= 15 is 0 Å². The lowest BCUT2D eigenvalue weighted by molar-refractivity contribution is -0.145. The van der Waals surface area contributed by atoms with Gasteiger partial charge in [-0.1, -0.05) is 60.7 Å². The molecule has 0 bridgehead atoms. The number of nitrogens with one attached hydrogen (secondary N) is 1. The van der Waals surface area contributed by atoms with Crippen molar-refractivity contribution in [3.63, 3.8) is 0 Å². The fraction of sp³-hybridized carbons (Fsp3) is 0.346. The van der Waals surface area contributed by atoms with Gasteiger partial charge < -0.3 is 15.2 Å². The molecule has 8 heteroatoms. The quantitative estimate of drug-likeness (QED) is 0.455. The molecule has 1 saturated carbocycles. The fourth-order valence-electron chi connectivity index (χ4n) is 4.28. The zero-order chi connectivity index (χ0) is 23.9.